The third-order valence-electron chi connectivity index (χ3n) is 3.47. The van der Waals surface area contributed by atoms with Crippen LogP contribution in [0.2, 0.25) is 0 Å². The van der Waals surface area contributed by atoms with E-state index in [1.807, 2.05) is 41.3 Å². The summed E-state index contributed by atoms with van der Waals surface area (Å²) in [7, 11) is 0. The van der Waals surface area contributed by atoms with E-state index >= 15 is 0 Å². The van der Waals surface area contributed by atoms with Crippen molar-refractivity contribution in [3.05, 3.63) is 71.8 Å². The molecule has 2 nitrogen and oxygen atoms in total. The molecule has 0 saturated carbocycles. The fraction of sp³-hybridized carbons (Fsp3) is 0.350. The molecule has 0 spiro atoms. The van der Waals surface area contributed by atoms with Gasteiger partial charge in [0, 0.05) is 19.5 Å². The minimum absolute atomic E-state index is 0.00269. The third-order valence-corrected chi connectivity index (χ3v) is 3.47. The predicted molar refractivity (Wildman–Crippen MR) is 91.2 cm³/mol. The summed E-state index contributed by atoms with van der Waals surface area (Å²) in [4.78, 5) is 14.6. The van der Waals surface area contributed by atoms with Gasteiger partial charge in [-0.15, -0.1) is 0 Å². The van der Waals surface area contributed by atoms with Crippen LogP contribution in [-0.4, -0.2) is 10.8 Å². The molecule has 0 N–H and O–H groups in total. The Kier molecular flexibility index (Phi) is 5.37. The first-order valence-corrected chi connectivity index (χ1v) is 7.80. The first-order chi connectivity index (χ1) is 10.4. The van der Waals surface area contributed by atoms with Crippen molar-refractivity contribution in [1.29, 1.82) is 0 Å². The number of benzene rings is 2. The normalized spacial score (nSPS) is 11.2. The monoisotopic (exact) mass is 295 g/mol. The predicted octanol–water partition coefficient (Wildman–Crippen LogP) is 4.65. The average Bonchev–Trinajstić information content (AvgIpc) is 2.47. The van der Waals surface area contributed by atoms with Crippen molar-refractivity contribution in [1.82, 2.24) is 4.90 Å². The van der Waals surface area contributed by atoms with Gasteiger partial charge in [-0.1, -0.05) is 81.4 Å². The van der Waals surface area contributed by atoms with Gasteiger partial charge in [0.2, 0.25) is 5.91 Å². The molecule has 0 heterocycles. The van der Waals surface area contributed by atoms with Crippen LogP contribution in [0.5, 0.6) is 0 Å². The van der Waals surface area contributed by atoms with Crippen molar-refractivity contribution in [2.24, 2.45) is 5.41 Å². The Morgan fingerprint density at radius 1 is 0.818 bits per heavy atom. The van der Waals surface area contributed by atoms with Crippen molar-refractivity contribution in [3.8, 4) is 0 Å². The smallest absolute Gasteiger partial charge is 0.223 e. The van der Waals surface area contributed by atoms with Crippen LogP contribution in [0.1, 0.15) is 38.3 Å². The van der Waals surface area contributed by atoms with Gasteiger partial charge in [-0.2, -0.15) is 0 Å². The molecular formula is C20H25NO. The lowest BCUT2D eigenvalue weighted by atomic mass is 9.91. The molecule has 0 aliphatic heterocycles. The number of hydrogen-bond acceptors (Lipinski definition) is 1. The molecule has 2 aromatic carbocycles. The molecule has 0 fully saturated rings. The van der Waals surface area contributed by atoms with Crippen LogP contribution in [0, 0.1) is 5.41 Å². The highest BCUT2D eigenvalue weighted by Crippen LogP contribution is 2.21. The van der Waals surface area contributed by atoms with E-state index < -0.39 is 0 Å². The maximum atomic E-state index is 12.7. The van der Waals surface area contributed by atoms with Crippen LogP contribution < -0.4 is 0 Å². The molecule has 0 radical (unpaired) electrons. The molecule has 116 valence electrons. The molecule has 0 aliphatic carbocycles. The van der Waals surface area contributed by atoms with E-state index in [0.29, 0.717) is 19.5 Å². The zero-order chi connectivity index (χ0) is 16.0. The Labute approximate surface area is 133 Å². The molecule has 2 heteroatoms. The Hall–Kier alpha value is -2.09. The van der Waals surface area contributed by atoms with Crippen molar-refractivity contribution in [2.45, 2.75) is 40.3 Å². The maximum Gasteiger partial charge on any atom is 0.223 e. The quantitative estimate of drug-likeness (QED) is 0.786. The van der Waals surface area contributed by atoms with Gasteiger partial charge in [0.05, 0.1) is 0 Å². The molecule has 0 saturated heterocycles. The van der Waals surface area contributed by atoms with Gasteiger partial charge >= 0.3 is 0 Å². The van der Waals surface area contributed by atoms with E-state index in [4.69, 9.17) is 0 Å². The number of amides is 1. The van der Waals surface area contributed by atoms with Crippen LogP contribution in [0.15, 0.2) is 60.7 Å². The molecular weight excluding hydrogens is 270 g/mol. The zero-order valence-corrected chi connectivity index (χ0v) is 13.8. The maximum absolute atomic E-state index is 12.7. The molecule has 0 aromatic heterocycles. The van der Waals surface area contributed by atoms with E-state index in [1.54, 1.807) is 0 Å². The van der Waals surface area contributed by atoms with Crippen LogP contribution >= 0.6 is 0 Å². The number of rotatable bonds is 5. The van der Waals surface area contributed by atoms with Gasteiger partial charge in [-0.25, -0.2) is 0 Å². The second-order valence-corrected chi connectivity index (χ2v) is 6.96. The van der Waals surface area contributed by atoms with Crippen molar-refractivity contribution in [2.75, 3.05) is 0 Å². The third kappa shape index (κ3) is 5.36. The number of hydrogen-bond donors (Lipinski definition) is 0. The van der Waals surface area contributed by atoms with E-state index in [2.05, 4.69) is 45.0 Å². The molecule has 2 aromatic rings. The summed E-state index contributed by atoms with van der Waals surface area (Å²) in [5.74, 6) is 0.209. The molecule has 0 atom stereocenters. The van der Waals surface area contributed by atoms with E-state index in [1.165, 1.54) is 11.1 Å². The Morgan fingerprint density at radius 2 is 1.23 bits per heavy atom. The first-order valence-electron chi connectivity index (χ1n) is 7.80. The Morgan fingerprint density at radius 3 is 1.59 bits per heavy atom. The van der Waals surface area contributed by atoms with Gasteiger partial charge in [0.25, 0.3) is 0 Å². The highest BCUT2D eigenvalue weighted by atomic mass is 16.2. The fourth-order valence-corrected chi connectivity index (χ4v) is 2.41. The largest absolute Gasteiger partial charge is 0.334 e. The van der Waals surface area contributed by atoms with E-state index in [9.17, 15) is 4.79 Å². The Balaban J connectivity index is 2.14. The van der Waals surface area contributed by atoms with Crippen molar-refractivity contribution < 1.29 is 4.79 Å². The van der Waals surface area contributed by atoms with Gasteiger partial charge in [0.1, 0.15) is 0 Å². The standard InChI is InChI=1S/C20H25NO/c1-20(2,3)14-19(22)21(15-17-10-6-4-7-11-17)16-18-12-8-5-9-13-18/h4-13H,14-16H2,1-3H3. The highest BCUT2D eigenvalue weighted by Gasteiger charge is 2.21. The average molecular weight is 295 g/mol. The van der Waals surface area contributed by atoms with E-state index in [-0.39, 0.29) is 11.3 Å². The van der Waals surface area contributed by atoms with E-state index in [0.717, 1.165) is 0 Å². The van der Waals surface area contributed by atoms with Crippen LogP contribution in [0.25, 0.3) is 0 Å². The van der Waals surface area contributed by atoms with Gasteiger partial charge in [-0.05, 0) is 16.5 Å². The molecule has 0 unspecified atom stereocenters. The first kappa shape index (κ1) is 16.3. The van der Waals surface area contributed by atoms with Crippen molar-refractivity contribution >= 4 is 5.91 Å². The summed E-state index contributed by atoms with van der Waals surface area (Å²) >= 11 is 0. The Bertz CT molecular complexity index is 543. The van der Waals surface area contributed by atoms with Gasteiger partial charge < -0.3 is 4.90 Å². The van der Waals surface area contributed by atoms with Crippen LogP contribution in [-0.2, 0) is 17.9 Å². The second kappa shape index (κ2) is 7.26. The number of nitrogens with zero attached hydrogens (tertiary/aromatic N) is 1. The number of carbonyl (C=O) groups excluding carboxylic acids is 1. The summed E-state index contributed by atoms with van der Waals surface area (Å²) in [5, 5.41) is 0. The summed E-state index contributed by atoms with van der Waals surface area (Å²) in [6.07, 6.45) is 0.562. The van der Waals surface area contributed by atoms with Gasteiger partial charge in [0.15, 0.2) is 0 Å². The lowest BCUT2D eigenvalue weighted by Gasteiger charge is -2.27. The van der Waals surface area contributed by atoms with Crippen molar-refractivity contribution in [3.63, 3.8) is 0 Å². The minimum Gasteiger partial charge on any atom is -0.334 e. The topological polar surface area (TPSA) is 20.3 Å². The SMILES string of the molecule is CC(C)(C)CC(=O)N(Cc1ccccc1)Cc1ccccc1. The molecule has 0 aliphatic rings. The summed E-state index contributed by atoms with van der Waals surface area (Å²) < 4.78 is 0. The molecule has 2 rings (SSSR count). The molecule has 0 bridgehead atoms. The zero-order valence-electron chi connectivity index (χ0n) is 13.8. The lowest BCUT2D eigenvalue weighted by molar-refractivity contribution is -0.134. The fourth-order valence-electron chi connectivity index (χ4n) is 2.41. The summed E-state index contributed by atoms with van der Waals surface area (Å²) in [6.45, 7) is 7.63. The molecule has 1 amide bonds. The minimum atomic E-state index is 0.00269. The number of carbonyl (C=O) groups is 1. The molecule has 22 heavy (non-hydrogen) atoms. The highest BCUT2D eigenvalue weighted by molar-refractivity contribution is 5.76. The second-order valence-electron chi connectivity index (χ2n) is 6.96. The summed E-state index contributed by atoms with van der Waals surface area (Å²) in [5.41, 5.74) is 2.34. The van der Waals surface area contributed by atoms with Crippen LogP contribution in [0.4, 0.5) is 0 Å². The van der Waals surface area contributed by atoms with Gasteiger partial charge in [-0.3, -0.25) is 4.79 Å². The van der Waals surface area contributed by atoms with Crippen LogP contribution in [0.3, 0.4) is 0 Å². The lowest BCUT2D eigenvalue weighted by Crippen LogP contribution is -2.32. The summed E-state index contributed by atoms with van der Waals surface area (Å²) in [6, 6.07) is 20.4.